The van der Waals surface area contributed by atoms with Crippen molar-refractivity contribution >= 4 is 23.3 Å². The number of carboxylic acids is 1. The van der Waals surface area contributed by atoms with Crippen molar-refractivity contribution in [1.29, 1.82) is 0 Å². The number of thiazole rings is 1. The van der Waals surface area contributed by atoms with Gasteiger partial charge in [-0.3, -0.25) is 0 Å². The van der Waals surface area contributed by atoms with Gasteiger partial charge in [-0.2, -0.15) is 9.97 Å². The molecule has 0 amide bonds. The van der Waals surface area contributed by atoms with Gasteiger partial charge in [-0.25, -0.2) is 9.78 Å². The van der Waals surface area contributed by atoms with Crippen molar-refractivity contribution in [1.82, 2.24) is 15.0 Å². The lowest BCUT2D eigenvalue weighted by Crippen LogP contribution is -2.10. The van der Waals surface area contributed by atoms with E-state index in [1.807, 2.05) is 6.92 Å². The van der Waals surface area contributed by atoms with Gasteiger partial charge in [0.2, 0.25) is 17.7 Å². The average molecular weight is 310 g/mol. The molecule has 2 aromatic heterocycles. The fourth-order valence-electron chi connectivity index (χ4n) is 1.52. The summed E-state index contributed by atoms with van der Waals surface area (Å²) in [5.74, 6) is -0.0152. The third kappa shape index (κ3) is 3.57. The van der Waals surface area contributed by atoms with Crippen molar-refractivity contribution in [2.45, 2.75) is 13.0 Å². The first kappa shape index (κ1) is 15.0. The minimum atomic E-state index is -1.05. The number of carboxylic acid groups (broad SMARTS) is 1. The summed E-state index contributed by atoms with van der Waals surface area (Å²) in [5.41, 5.74) is 0.0211. The van der Waals surface area contributed by atoms with Gasteiger partial charge in [0.1, 0.15) is 5.01 Å². The standard InChI is InChI=1S/C12H14N4O4S/c1-6(10-14-7(5-21-10)11(17)18)13-12-15-8(19-2)4-9(16-12)20-3/h4-6H,1-3H3,(H,17,18)(H,13,15,16). The van der Waals surface area contributed by atoms with Gasteiger partial charge in [-0.05, 0) is 6.92 Å². The number of anilines is 1. The van der Waals surface area contributed by atoms with E-state index in [0.29, 0.717) is 22.7 Å². The molecule has 0 saturated carbocycles. The molecule has 2 rings (SSSR count). The number of carbonyl (C=O) groups is 1. The van der Waals surface area contributed by atoms with Crippen molar-refractivity contribution in [3.63, 3.8) is 0 Å². The highest BCUT2D eigenvalue weighted by atomic mass is 32.1. The van der Waals surface area contributed by atoms with Crippen LogP contribution in [0.1, 0.15) is 28.5 Å². The molecule has 0 radical (unpaired) electrons. The minimum absolute atomic E-state index is 0.0211. The van der Waals surface area contributed by atoms with Gasteiger partial charge in [-0.1, -0.05) is 0 Å². The Morgan fingerprint density at radius 1 is 1.29 bits per heavy atom. The Morgan fingerprint density at radius 2 is 1.90 bits per heavy atom. The maximum Gasteiger partial charge on any atom is 0.355 e. The fraction of sp³-hybridized carbons (Fsp3) is 0.333. The average Bonchev–Trinajstić information content (AvgIpc) is 2.97. The quantitative estimate of drug-likeness (QED) is 0.832. The van der Waals surface area contributed by atoms with Crippen LogP contribution in [0.3, 0.4) is 0 Å². The monoisotopic (exact) mass is 310 g/mol. The highest BCUT2D eigenvalue weighted by Crippen LogP contribution is 2.23. The van der Waals surface area contributed by atoms with E-state index in [0.717, 1.165) is 0 Å². The second kappa shape index (κ2) is 6.35. The van der Waals surface area contributed by atoms with Crippen LogP contribution in [0.4, 0.5) is 5.95 Å². The Labute approximate surface area is 124 Å². The number of nitrogens with zero attached hydrogens (tertiary/aromatic N) is 3. The highest BCUT2D eigenvalue weighted by Gasteiger charge is 2.15. The Balaban J connectivity index is 2.18. The van der Waals surface area contributed by atoms with Crippen molar-refractivity contribution < 1.29 is 19.4 Å². The van der Waals surface area contributed by atoms with E-state index in [4.69, 9.17) is 14.6 Å². The predicted octanol–water partition coefficient (Wildman–Crippen LogP) is 1.82. The summed E-state index contributed by atoms with van der Waals surface area (Å²) < 4.78 is 10.1. The van der Waals surface area contributed by atoms with Gasteiger partial charge in [0.15, 0.2) is 5.69 Å². The molecule has 21 heavy (non-hydrogen) atoms. The van der Waals surface area contributed by atoms with Crippen LogP contribution in [0.15, 0.2) is 11.4 Å². The molecular formula is C12H14N4O4S. The topological polar surface area (TPSA) is 106 Å². The van der Waals surface area contributed by atoms with Gasteiger partial charge in [-0.15, -0.1) is 11.3 Å². The predicted molar refractivity (Wildman–Crippen MR) is 76.2 cm³/mol. The summed E-state index contributed by atoms with van der Waals surface area (Å²) >= 11 is 1.25. The Morgan fingerprint density at radius 3 is 2.38 bits per heavy atom. The molecule has 2 heterocycles. The van der Waals surface area contributed by atoms with Crippen LogP contribution in [-0.2, 0) is 0 Å². The van der Waals surface area contributed by atoms with Gasteiger partial charge >= 0.3 is 5.97 Å². The second-order valence-electron chi connectivity index (χ2n) is 4.02. The van der Waals surface area contributed by atoms with Crippen molar-refractivity contribution in [3.05, 3.63) is 22.1 Å². The van der Waals surface area contributed by atoms with Gasteiger partial charge < -0.3 is 19.9 Å². The van der Waals surface area contributed by atoms with Crippen molar-refractivity contribution in [3.8, 4) is 11.8 Å². The lowest BCUT2D eigenvalue weighted by atomic mass is 10.3. The number of aromatic carboxylic acids is 1. The van der Waals surface area contributed by atoms with Gasteiger partial charge in [0.05, 0.1) is 26.3 Å². The normalized spacial score (nSPS) is 11.8. The Bertz CT molecular complexity index is 624. The zero-order valence-corrected chi connectivity index (χ0v) is 12.5. The fourth-order valence-corrected chi connectivity index (χ4v) is 2.32. The van der Waals surface area contributed by atoms with Crippen LogP contribution in [0.2, 0.25) is 0 Å². The SMILES string of the molecule is COc1cc(OC)nc(NC(C)c2nc(C(=O)O)cs2)n1. The van der Waals surface area contributed by atoms with Gasteiger partial charge in [0, 0.05) is 5.38 Å². The van der Waals surface area contributed by atoms with E-state index >= 15 is 0 Å². The summed E-state index contributed by atoms with van der Waals surface area (Å²) in [6, 6.07) is 1.31. The van der Waals surface area contributed by atoms with E-state index in [1.54, 1.807) is 6.07 Å². The number of methoxy groups -OCH3 is 2. The molecule has 9 heteroatoms. The van der Waals surface area contributed by atoms with Gasteiger partial charge in [0.25, 0.3) is 0 Å². The molecule has 2 aromatic rings. The van der Waals surface area contributed by atoms with E-state index < -0.39 is 5.97 Å². The first-order valence-corrected chi connectivity index (χ1v) is 6.83. The summed E-state index contributed by atoms with van der Waals surface area (Å²) in [6.45, 7) is 1.83. The maximum atomic E-state index is 10.8. The summed E-state index contributed by atoms with van der Waals surface area (Å²) in [7, 11) is 2.99. The van der Waals surface area contributed by atoms with Crippen LogP contribution in [0, 0.1) is 0 Å². The molecule has 2 N–H and O–H groups in total. The summed E-state index contributed by atoms with van der Waals surface area (Å²) in [5, 5.41) is 14.0. The highest BCUT2D eigenvalue weighted by molar-refractivity contribution is 7.09. The molecule has 8 nitrogen and oxygen atoms in total. The molecule has 0 fully saturated rings. The summed E-state index contributed by atoms with van der Waals surface area (Å²) in [6.07, 6.45) is 0. The number of hydrogen-bond acceptors (Lipinski definition) is 8. The minimum Gasteiger partial charge on any atom is -0.481 e. The zero-order valence-electron chi connectivity index (χ0n) is 11.7. The lowest BCUT2D eigenvalue weighted by Gasteiger charge is -2.12. The van der Waals surface area contributed by atoms with E-state index in [9.17, 15) is 4.79 Å². The van der Waals surface area contributed by atoms with Crippen LogP contribution in [0.25, 0.3) is 0 Å². The van der Waals surface area contributed by atoms with E-state index in [1.165, 1.54) is 30.9 Å². The largest absolute Gasteiger partial charge is 0.481 e. The second-order valence-corrected chi connectivity index (χ2v) is 4.91. The molecule has 0 aliphatic heterocycles. The third-order valence-electron chi connectivity index (χ3n) is 2.55. The molecule has 0 spiro atoms. The van der Waals surface area contributed by atoms with E-state index in [-0.39, 0.29) is 11.7 Å². The van der Waals surface area contributed by atoms with Crippen LogP contribution < -0.4 is 14.8 Å². The van der Waals surface area contributed by atoms with Crippen LogP contribution in [-0.4, -0.2) is 40.2 Å². The Hall–Kier alpha value is -2.42. The molecule has 1 atom stereocenters. The van der Waals surface area contributed by atoms with Crippen molar-refractivity contribution in [2.24, 2.45) is 0 Å². The lowest BCUT2D eigenvalue weighted by molar-refractivity contribution is 0.0691. The molecule has 0 bridgehead atoms. The number of aromatic nitrogens is 3. The number of ether oxygens (including phenoxy) is 2. The summed E-state index contributed by atoms with van der Waals surface area (Å²) in [4.78, 5) is 23.1. The smallest absolute Gasteiger partial charge is 0.355 e. The van der Waals surface area contributed by atoms with Crippen LogP contribution in [0.5, 0.6) is 11.8 Å². The molecule has 0 saturated heterocycles. The molecule has 1 unspecified atom stereocenters. The van der Waals surface area contributed by atoms with E-state index in [2.05, 4.69) is 20.3 Å². The Kier molecular flexibility index (Phi) is 4.53. The van der Waals surface area contributed by atoms with Crippen LogP contribution >= 0.6 is 11.3 Å². The first-order chi connectivity index (χ1) is 10.0. The molecular weight excluding hydrogens is 296 g/mol. The first-order valence-electron chi connectivity index (χ1n) is 5.95. The third-order valence-corrected chi connectivity index (χ3v) is 3.58. The molecule has 0 aliphatic rings. The maximum absolute atomic E-state index is 10.8. The number of rotatable bonds is 6. The number of nitrogens with one attached hydrogen (secondary N) is 1. The molecule has 112 valence electrons. The zero-order chi connectivity index (χ0) is 15.4. The van der Waals surface area contributed by atoms with Crippen molar-refractivity contribution in [2.75, 3.05) is 19.5 Å². The molecule has 0 aliphatic carbocycles. The molecule has 0 aromatic carbocycles. The number of hydrogen-bond donors (Lipinski definition) is 2.